The maximum Gasteiger partial charge on any atom is 0.407 e. The number of primary amides is 1. The highest BCUT2D eigenvalue weighted by Crippen LogP contribution is 2.28. The van der Waals surface area contributed by atoms with Crippen molar-refractivity contribution >= 4 is 12.0 Å². The van der Waals surface area contributed by atoms with Crippen molar-refractivity contribution < 1.29 is 14.7 Å². The quantitative estimate of drug-likeness (QED) is 0.884. The van der Waals surface area contributed by atoms with Gasteiger partial charge in [0.2, 0.25) is 5.91 Å². The Balaban J connectivity index is 2.00. The van der Waals surface area contributed by atoms with Gasteiger partial charge < -0.3 is 15.7 Å². The van der Waals surface area contributed by atoms with E-state index >= 15 is 0 Å². The molecule has 1 aliphatic rings. The molecular formula is C15H20N2O3. The van der Waals surface area contributed by atoms with Gasteiger partial charge in [0.05, 0.1) is 0 Å². The van der Waals surface area contributed by atoms with E-state index < -0.39 is 6.09 Å². The minimum absolute atomic E-state index is 0.0247. The highest BCUT2D eigenvalue weighted by molar-refractivity contribution is 5.76. The molecule has 0 bridgehead atoms. The maximum atomic E-state index is 11.5. The second kappa shape index (κ2) is 6.41. The predicted octanol–water partition coefficient (Wildman–Crippen LogP) is 2.21. The Morgan fingerprint density at radius 3 is 2.25 bits per heavy atom. The van der Waals surface area contributed by atoms with E-state index in [-0.39, 0.29) is 17.9 Å². The summed E-state index contributed by atoms with van der Waals surface area (Å²) < 4.78 is 0. The van der Waals surface area contributed by atoms with Crippen LogP contribution in [0, 0.1) is 5.92 Å². The molecule has 2 amide bonds. The molecule has 1 aliphatic carbocycles. The summed E-state index contributed by atoms with van der Waals surface area (Å²) in [5.74, 6) is -0.369. The van der Waals surface area contributed by atoms with Crippen LogP contribution in [-0.4, -0.2) is 28.0 Å². The lowest BCUT2D eigenvalue weighted by Crippen LogP contribution is -2.42. The van der Waals surface area contributed by atoms with E-state index in [2.05, 4.69) is 0 Å². The molecule has 0 aromatic heterocycles. The standard InChI is InChI=1S/C15H20N2O3/c16-14(18)12-6-8-13(9-7-12)17(15(19)20)10-11-4-2-1-3-5-11/h1-5,12-13H,6-10H2,(H2,16,18)(H,19,20)/t12-,13+. The smallest absolute Gasteiger partial charge is 0.407 e. The van der Waals surface area contributed by atoms with Gasteiger partial charge in [-0.2, -0.15) is 0 Å². The van der Waals surface area contributed by atoms with Crippen molar-refractivity contribution in [3.05, 3.63) is 35.9 Å². The first kappa shape index (κ1) is 14.4. The lowest BCUT2D eigenvalue weighted by atomic mass is 9.85. The summed E-state index contributed by atoms with van der Waals surface area (Å²) in [4.78, 5) is 24.1. The number of amides is 2. The van der Waals surface area contributed by atoms with Crippen LogP contribution >= 0.6 is 0 Å². The third-order valence-corrected chi connectivity index (χ3v) is 3.98. The zero-order valence-electron chi connectivity index (χ0n) is 11.4. The molecule has 0 heterocycles. The molecule has 3 N–H and O–H groups in total. The van der Waals surface area contributed by atoms with Crippen LogP contribution in [0.4, 0.5) is 4.79 Å². The molecule has 0 radical (unpaired) electrons. The predicted molar refractivity (Wildman–Crippen MR) is 75.0 cm³/mol. The summed E-state index contributed by atoms with van der Waals surface area (Å²) in [7, 11) is 0. The summed E-state index contributed by atoms with van der Waals surface area (Å²) in [5.41, 5.74) is 6.28. The van der Waals surface area contributed by atoms with Crippen LogP contribution in [0.25, 0.3) is 0 Å². The van der Waals surface area contributed by atoms with Crippen molar-refractivity contribution in [1.82, 2.24) is 4.90 Å². The number of hydrogen-bond acceptors (Lipinski definition) is 2. The molecule has 0 aliphatic heterocycles. The summed E-state index contributed by atoms with van der Waals surface area (Å²) in [5, 5.41) is 9.40. The lowest BCUT2D eigenvalue weighted by Gasteiger charge is -2.34. The average Bonchev–Trinajstić information content (AvgIpc) is 2.45. The highest BCUT2D eigenvalue weighted by atomic mass is 16.4. The van der Waals surface area contributed by atoms with Crippen molar-refractivity contribution in [2.75, 3.05) is 0 Å². The van der Waals surface area contributed by atoms with Crippen molar-refractivity contribution in [3.8, 4) is 0 Å². The van der Waals surface area contributed by atoms with E-state index in [1.54, 1.807) is 0 Å². The van der Waals surface area contributed by atoms with Gasteiger partial charge in [-0.05, 0) is 31.2 Å². The molecule has 20 heavy (non-hydrogen) atoms. The van der Waals surface area contributed by atoms with Gasteiger partial charge in [-0.15, -0.1) is 0 Å². The summed E-state index contributed by atoms with van der Waals surface area (Å²) in [6, 6.07) is 9.53. The number of rotatable bonds is 4. The fraction of sp³-hybridized carbons (Fsp3) is 0.467. The molecule has 0 unspecified atom stereocenters. The van der Waals surface area contributed by atoms with Crippen molar-refractivity contribution in [3.63, 3.8) is 0 Å². The Morgan fingerprint density at radius 2 is 1.75 bits per heavy atom. The van der Waals surface area contributed by atoms with Gasteiger partial charge in [0.25, 0.3) is 0 Å². The Bertz CT molecular complexity index is 467. The molecule has 1 aromatic carbocycles. The molecule has 2 rings (SSSR count). The summed E-state index contributed by atoms with van der Waals surface area (Å²) in [6.45, 7) is 0.391. The zero-order chi connectivity index (χ0) is 14.5. The molecule has 5 nitrogen and oxygen atoms in total. The van der Waals surface area contributed by atoms with E-state index in [4.69, 9.17) is 5.73 Å². The highest BCUT2D eigenvalue weighted by Gasteiger charge is 2.30. The number of carbonyl (C=O) groups excluding carboxylic acids is 1. The topological polar surface area (TPSA) is 83.6 Å². The second-order valence-corrected chi connectivity index (χ2v) is 5.30. The zero-order valence-corrected chi connectivity index (χ0v) is 11.4. The number of benzene rings is 1. The summed E-state index contributed by atoms with van der Waals surface area (Å²) >= 11 is 0. The SMILES string of the molecule is NC(=O)[C@H]1CC[C@@H](N(Cc2ccccc2)C(=O)O)CC1. The minimum Gasteiger partial charge on any atom is -0.465 e. The van der Waals surface area contributed by atoms with Gasteiger partial charge in [-0.1, -0.05) is 30.3 Å². The second-order valence-electron chi connectivity index (χ2n) is 5.30. The van der Waals surface area contributed by atoms with Gasteiger partial charge >= 0.3 is 6.09 Å². The number of nitrogens with two attached hydrogens (primary N) is 1. The maximum absolute atomic E-state index is 11.5. The van der Waals surface area contributed by atoms with Gasteiger partial charge in [-0.3, -0.25) is 4.79 Å². The monoisotopic (exact) mass is 276 g/mol. The van der Waals surface area contributed by atoms with Crippen LogP contribution in [0.1, 0.15) is 31.2 Å². The van der Waals surface area contributed by atoms with Crippen LogP contribution in [0.2, 0.25) is 0 Å². The lowest BCUT2D eigenvalue weighted by molar-refractivity contribution is -0.123. The Morgan fingerprint density at radius 1 is 1.15 bits per heavy atom. The van der Waals surface area contributed by atoms with Crippen LogP contribution in [0.15, 0.2) is 30.3 Å². The van der Waals surface area contributed by atoms with Crippen molar-refractivity contribution in [2.24, 2.45) is 11.7 Å². The van der Waals surface area contributed by atoms with E-state index in [9.17, 15) is 14.7 Å². The average molecular weight is 276 g/mol. The fourth-order valence-electron chi connectivity index (χ4n) is 2.81. The molecule has 1 fully saturated rings. The van der Waals surface area contributed by atoms with E-state index in [0.29, 0.717) is 32.2 Å². The van der Waals surface area contributed by atoms with Gasteiger partial charge in [-0.25, -0.2) is 4.79 Å². The molecule has 1 saturated carbocycles. The first-order valence-electron chi connectivity index (χ1n) is 6.90. The number of carboxylic acid groups (broad SMARTS) is 1. The van der Waals surface area contributed by atoms with Gasteiger partial charge in [0, 0.05) is 18.5 Å². The molecule has 0 saturated heterocycles. The molecule has 1 aromatic rings. The normalized spacial score (nSPS) is 22.2. The van der Waals surface area contributed by atoms with Crippen molar-refractivity contribution in [1.29, 1.82) is 0 Å². The van der Waals surface area contributed by atoms with E-state index in [1.165, 1.54) is 4.90 Å². The van der Waals surface area contributed by atoms with Gasteiger partial charge in [0.15, 0.2) is 0 Å². The van der Waals surface area contributed by atoms with Gasteiger partial charge in [0.1, 0.15) is 0 Å². The molecule has 0 spiro atoms. The largest absolute Gasteiger partial charge is 0.465 e. The number of nitrogens with zero attached hydrogens (tertiary/aromatic N) is 1. The molecular weight excluding hydrogens is 256 g/mol. The van der Waals surface area contributed by atoms with E-state index in [0.717, 1.165) is 5.56 Å². The third kappa shape index (κ3) is 3.50. The Kier molecular flexibility index (Phi) is 4.61. The first-order valence-corrected chi connectivity index (χ1v) is 6.90. The van der Waals surface area contributed by atoms with Crippen LogP contribution < -0.4 is 5.73 Å². The van der Waals surface area contributed by atoms with Crippen LogP contribution in [-0.2, 0) is 11.3 Å². The van der Waals surface area contributed by atoms with Crippen molar-refractivity contribution in [2.45, 2.75) is 38.3 Å². The molecule has 108 valence electrons. The van der Waals surface area contributed by atoms with Crippen LogP contribution in [0.3, 0.4) is 0 Å². The van der Waals surface area contributed by atoms with Crippen LogP contribution in [0.5, 0.6) is 0 Å². The Labute approximate surface area is 118 Å². The Hall–Kier alpha value is -2.04. The minimum atomic E-state index is -0.906. The number of hydrogen-bond donors (Lipinski definition) is 2. The summed E-state index contributed by atoms with van der Waals surface area (Å²) in [6.07, 6.45) is 1.85. The number of carbonyl (C=O) groups is 2. The first-order chi connectivity index (χ1) is 9.58. The molecule has 5 heteroatoms. The van der Waals surface area contributed by atoms with E-state index in [1.807, 2.05) is 30.3 Å². The fourth-order valence-corrected chi connectivity index (χ4v) is 2.81. The third-order valence-electron chi connectivity index (χ3n) is 3.98. The molecule has 0 atom stereocenters.